The molecule has 1 heterocycles. The van der Waals surface area contributed by atoms with Crippen molar-refractivity contribution in [2.24, 2.45) is 0 Å². The molecule has 0 bridgehead atoms. The minimum Gasteiger partial charge on any atom is -0.312 e. The van der Waals surface area contributed by atoms with E-state index in [-0.39, 0.29) is 0 Å². The Kier molecular flexibility index (Phi) is 5.16. The third-order valence-electron chi connectivity index (χ3n) is 2.05. The molecule has 1 rings (SSSR count). The summed E-state index contributed by atoms with van der Waals surface area (Å²) in [6, 6.07) is 0.440. The summed E-state index contributed by atoms with van der Waals surface area (Å²) in [4.78, 5) is 0. The van der Waals surface area contributed by atoms with E-state index in [1.54, 1.807) is 11.3 Å². The van der Waals surface area contributed by atoms with Gasteiger partial charge in [0.25, 0.3) is 0 Å². The standard InChI is InChI=1S/C11H18BrNS2/c1-11(2,3)15-7-10(13-4)8-5-14-6-9(8)12/h5-6,10,13H,7H2,1-4H3. The molecule has 1 atom stereocenters. The lowest BCUT2D eigenvalue weighted by Gasteiger charge is -2.22. The molecular weight excluding hydrogens is 290 g/mol. The summed E-state index contributed by atoms with van der Waals surface area (Å²) in [5.74, 6) is 1.11. The van der Waals surface area contributed by atoms with Crippen LogP contribution in [0.2, 0.25) is 0 Å². The highest BCUT2D eigenvalue weighted by Crippen LogP contribution is 2.32. The molecule has 15 heavy (non-hydrogen) atoms. The average molecular weight is 308 g/mol. The Morgan fingerprint density at radius 1 is 1.47 bits per heavy atom. The van der Waals surface area contributed by atoms with E-state index in [0.29, 0.717) is 10.8 Å². The summed E-state index contributed by atoms with van der Waals surface area (Å²) < 4.78 is 1.55. The van der Waals surface area contributed by atoms with Crippen molar-refractivity contribution in [2.75, 3.05) is 12.8 Å². The summed E-state index contributed by atoms with van der Waals surface area (Å²) in [5, 5.41) is 7.73. The van der Waals surface area contributed by atoms with Gasteiger partial charge in [-0.1, -0.05) is 20.8 Å². The van der Waals surface area contributed by atoms with Gasteiger partial charge in [0, 0.05) is 26.4 Å². The lowest BCUT2D eigenvalue weighted by Crippen LogP contribution is -2.21. The summed E-state index contributed by atoms with van der Waals surface area (Å²) in [6.45, 7) is 6.77. The summed E-state index contributed by atoms with van der Waals surface area (Å²) in [6.07, 6.45) is 0. The molecule has 0 amide bonds. The number of hydrogen-bond acceptors (Lipinski definition) is 3. The fourth-order valence-corrected chi connectivity index (χ4v) is 3.84. The Bertz CT molecular complexity index is 304. The van der Waals surface area contributed by atoms with Crippen LogP contribution in [0, 0.1) is 0 Å². The highest BCUT2D eigenvalue weighted by Gasteiger charge is 2.18. The van der Waals surface area contributed by atoms with Gasteiger partial charge in [-0.25, -0.2) is 0 Å². The maximum absolute atomic E-state index is 3.59. The lowest BCUT2D eigenvalue weighted by atomic mass is 10.2. The monoisotopic (exact) mass is 307 g/mol. The Morgan fingerprint density at radius 3 is 2.53 bits per heavy atom. The third kappa shape index (κ3) is 4.47. The zero-order chi connectivity index (χ0) is 11.5. The first-order valence-electron chi connectivity index (χ1n) is 4.97. The molecule has 1 aromatic heterocycles. The van der Waals surface area contributed by atoms with Gasteiger partial charge in [-0.2, -0.15) is 23.1 Å². The number of hydrogen-bond donors (Lipinski definition) is 1. The normalized spacial score (nSPS) is 14.2. The van der Waals surface area contributed by atoms with Crippen LogP contribution < -0.4 is 5.32 Å². The molecule has 0 aromatic carbocycles. The molecule has 1 unspecified atom stereocenters. The quantitative estimate of drug-likeness (QED) is 0.890. The van der Waals surface area contributed by atoms with Gasteiger partial charge in [0.15, 0.2) is 0 Å². The molecule has 0 aliphatic heterocycles. The molecule has 1 aromatic rings. The zero-order valence-corrected chi connectivity index (χ0v) is 12.9. The SMILES string of the molecule is CNC(CSC(C)(C)C)c1cscc1Br. The molecular formula is C11H18BrNS2. The van der Waals surface area contributed by atoms with Gasteiger partial charge in [0.05, 0.1) is 0 Å². The van der Waals surface area contributed by atoms with E-state index >= 15 is 0 Å². The fourth-order valence-electron chi connectivity index (χ4n) is 1.20. The Labute approximate surface area is 109 Å². The Hall–Kier alpha value is 0.490. The fraction of sp³-hybridized carbons (Fsp3) is 0.636. The van der Waals surface area contributed by atoms with E-state index < -0.39 is 0 Å². The summed E-state index contributed by atoms with van der Waals surface area (Å²) in [5.41, 5.74) is 1.37. The molecule has 0 radical (unpaired) electrons. The van der Waals surface area contributed by atoms with Crippen LogP contribution in [0.4, 0.5) is 0 Å². The van der Waals surface area contributed by atoms with Crippen LogP contribution in [0.15, 0.2) is 15.2 Å². The van der Waals surface area contributed by atoms with Gasteiger partial charge < -0.3 is 5.32 Å². The molecule has 86 valence electrons. The number of nitrogens with one attached hydrogen (secondary N) is 1. The second-order valence-electron chi connectivity index (χ2n) is 4.44. The van der Waals surface area contributed by atoms with Crippen LogP contribution in [0.1, 0.15) is 32.4 Å². The first-order valence-corrected chi connectivity index (χ1v) is 7.69. The van der Waals surface area contributed by atoms with Crippen molar-refractivity contribution in [1.82, 2.24) is 5.32 Å². The number of halogens is 1. The maximum Gasteiger partial charge on any atom is 0.0429 e. The molecule has 0 saturated heterocycles. The number of thioether (sulfide) groups is 1. The van der Waals surface area contributed by atoms with Crippen LogP contribution in [0.3, 0.4) is 0 Å². The zero-order valence-electron chi connectivity index (χ0n) is 9.63. The van der Waals surface area contributed by atoms with Gasteiger partial charge in [0.1, 0.15) is 0 Å². The number of rotatable bonds is 4. The largest absolute Gasteiger partial charge is 0.312 e. The van der Waals surface area contributed by atoms with Crippen LogP contribution in [0.25, 0.3) is 0 Å². The van der Waals surface area contributed by atoms with Gasteiger partial charge >= 0.3 is 0 Å². The topological polar surface area (TPSA) is 12.0 Å². The predicted octanol–water partition coefficient (Wildman–Crippen LogP) is 4.30. The molecule has 1 nitrogen and oxygen atoms in total. The van der Waals surface area contributed by atoms with Gasteiger partial charge in [0.2, 0.25) is 0 Å². The third-order valence-corrected chi connectivity index (χ3v) is 5.17. The summed E-state index contributed by atoms with van der Waals surface area (Å²) >= 11 is 7.33. The molecule has 0 saturated carbocycles. The smallest absolute Gasteiger partial charge is 0.0429 e. The van der Waals surface area contributed by atoms with Crippen LogP contribution in [0.5, 0.6) is 0 Å². The summed E-state index contributed by atoms with van der Waals surface area (Å²) in [7, 11) is 2.03. The molecule has 0 fully saturated rings. The minimum absolute atomic E-state index is 0.331. The lowest BCUT2D eigenvalue weighted by molar-refractivity contribution is 0.656. The van der Waals surface area contributed by atoms with E-state index in [1.165, 1.54) is 10.0 Å². The van der Waals surface area contributed by atoms with Crippen LogP contribution >= 0.6 is 39.0 Å². The van der Waals surface area contributed by atoms with E-state index in [2.05, 4.69) is 52.8 Å². The van der Waals surface area contributed by atoms with Crippen molar-refractivity contribution in [3.63, 3.8) is 0 Å². The molecule has 0 spiro atoms. The molecule has 0 aliphatic rings. The average Bonchev–Trinajstić information content (AvgIpc) is 2.52. The van der Waals surface area contributed by atoms with E-state index in [1.807, 2.05) is 18.8 Å². The predicted molar refractivity (Wildman–Crippen MR) is 76.0 cm³/mol. The van der Waals surface area contributed by atoms with Crippen LogP contribution in [-0.4, -0.2) is 17.5 Å². The Balaban J connectivity index is 2.61. The maximum atomic E-state index is 3.59. The van der Waals surface area contributed by atoms with Crippen LogP contribution in [-0.2, 0) is 0 Å². The van der Waals surface area contributed by atoms with Gasteiger partial charge in [-0.3, -0.25) is 0 Å². The van der Waals surface area contributed by atoms with Gasteiger partial charge in [-0.15, -0.1) is 0 Å². The van der Waals surface area contributed by atoms with Gasteiger partial charge in [-0.05, 0) is 33.9 Å². The van der Waals surface area contributed by atoms with Crippen molar-refractivity contribution in [3.8, 4) is 0 Å². The van der Waals surface area contributed by atoms with E-state index in [9.17, 15) is 0 Å². The number of thiophene rings is 1. The van der Waals surface area contributed by atoms with Crippen molar-refractivity contribution in [2.45, 2.75) is 31.6 Å². The first-order chi connectivity index (χ1) is 6.94. The second-order valence-corrected chi connectivity index (χ2v) is 7.88. The van der Waals surface area contributed by atoms with Crippen molar-refractivity contribution in [3.05, 3.63) is 20.8 Å². The second kappa shape index (κ2) is 5.71. The highest BCUT2D eigenvalue weighted by molar-refractivity contribution is 9.10. The highest BCUT2D eigenvalue weighted by atomic mass is 79.9. The van der Waals surface area contributed by atoms with E-state index in [4.69, 9.17) is 0 Å². The minimum atomic E-state index is 0.331. The first kappa shape index (κ1) is 13.6. The molecule has 0 aliphatic carbocycles. The molecule has 4 heteroatoms. The van der Waals surface area contributed by atoms with Crippen molar-refractivity contribution >= 4 is 39.0 Å². The Morgan fingerprint density at radius 2 is 2.13 bits per heavy atom. The van der Waals surface area contributed by atoms with Crippen molar-refractivity contribution < 1.29 is 0 Å². The van der Waals surface area contributed by atoms with E-state index in [0.717, 1.165) is 5.75 Å². The van der Waals surface area contributed by atoms with Crippen molar-refractivity contribution in [1.29, 1.82) is 0 Å². The molecule has 1 N–H and O–H groups in total.